The summed E-state index contributed by atoms with van der Waals surface area (Å²) in [5.74, 6) is -1.11. The Balaban J connectivity index is 2.20. The van der Waals surface area contributed by atoms with Crippen molar-refractivity contribution in [3.63, 3.8) is 0 Å². The smallest absolute Gasteiger partial charge is 0.262 e. The molecule has 23 heavy (non-hydrogen) atoms. The molecule has 0 atom stereocenters. The third-order valence-corrected chi connectivity index (χ3v) is 3.61. The van der Waals surface area contributed by atoms with Gasteiger partial charge in [0.15, 0.2) is 0 Å². The van der Waals surface area contributed by atoms with Crippen molar-refractivity contribution in [3.8, 4) is 0 Å². The highest BCUT2D eigenvalue weighted by Crippen LogP contribution is 2.20. The van der Waals surface area contributed by atoms with Gasteiger partial charge in [-0.2, -0.15) is 9.49 Å². The van der Waals surface area contributed by atoms with E-state index in [9.17, 15) is 9.18 Å². The summed E-state index contributed by atoms with van der Waals surface area (Å²) in [5.41, 5.74) is 1.92. The van der Waals surface area contributed by atoms with E-state index < -0.39 is 11.9 Å². The first-order valence-corrected chi connectivity index (χ1v) is 7.80. The number of aryl methyl sites for hydroxylation is 2. The molecule has 0 saturated carbocycles. The van der Waals surface area contributed by atoms with Gasteiger partial charge in [-0.1, -0.05) is 50.1 Å². The third-order valence-electron chi connectivity index (χ3n) is 3.61. The fraction of sp³-hybridized carbons (Fsp3) is 0.333. The Morgan fingerprint density at radius 2 is 2.13 bits per heavy atom. The summed E-state index contributed by atoms with van der Waals surface area (Å²) in [5, 5.41) is 6.71. The number of hydrogen-bond donors (Lipinski definition) is 1. The molecule has 1 amide bonds. The lowest BCUT2D eigenvalue weighted by molar-refractivity contribution is 0.102. The molecule has 1 aromatic carbocycles. The van der Waals surface area contributed by atoms with Crippen LogP contribution in [0.15, 0.2) is 30.3 Å². The van der Waals surface area contributed by atoms with E-state index in [1.165, 1.54) is 7.05 Å². The van der Waals surface area contributed by atoms with Crippen LogP contribution in [0.5, 0.6) is 0 Å². The average Bonchev–Trinajstić information content (AvgIpc) is 2.78. The van der Waals surface area contributed by atoms with Crippen molar-refractivity contribution in [2.24, 2.45) is 7.05 Å². The van der Waals surface area contributed by atoms with Crippen LogP contribution in [-0.2, 0) is 7.05 Å². The number of allylic oxidation sites excluding steroid dienone is 1. The SMILES string of the molecule is CCCC/C=C/c1ccccc1NC(=O)c1c(C)nn(C)c1F. The Kier molecular flexibility index (Phi) is 5.68. The lowest BCUT2D eigenvalue weighted by atomic mass is 10.1. The second-order valence-electron chi connectivity index (χ2n) is 5.46. The van der Waals surface area contributed by atoms with Crippen LogP contribution in [0.25, 0.3) is 6.08 Å². The number of aromatic nitrogens is 2. The number of carbonyl (C=O) groups excluding carboxylic acids is 1. The highest BCUT2D eigenvalue weighted by Gasteiger charge is 2.20. The number of carbonyl (C=O) groups is 1. The topological polar surface area (TPSA) is 46.9 Å². The van der Waals surface area contributed by atoms with Gasteiger partial charge in [0, 0.05) is 12.7 Å². The first-order chi connectivity index (χ1) is 11.0. The van der Waals surface area contributed by atoms with E-state index in [1.807, 2.05) is 24.3 Å². The number of unbranched alkanes of at least 4 members (excludes halogenated alkanes) is 2. The fourth-order valence-corrected chi connectivity index (χ4v) is 2.36. The van der Waals surface area contributed by atoms with Crippen molar-refractivity contribution in [2.45, 2.75) is 33.1 Å². The summed E-state index contributed by atoms with van der Waals surface area (Å²) < 4.78 is 15.1. The second-order valence-corrected chi connectivity index (χ2v) is 5.46. The molecule has 1 aromatic heterocycles. The summed E-state index contributed by atoms with van der Waals surface area (Å²) >= 11 is 0. The largest absolute Gasteiger partial charge is 0.321 e. The van der Waals surface area contributed by atoms with E-state index in [0.29, 0.717) is 11.4 Å². The lowest BCUT2D eigenvalue weighted by Gasteiger charge is -2.08. The van der Waals surface area contributed by atoms with Crippen LogP contribution in [0.1, 0.15) is 47.8 Å². The third kappa shape index (κ3) is 4.06. The normalized spacial score (nSPS) is 11.1. The van der Waals surface area contributed by atoms with E-state index in [4.69, 9.17) is 0 Å². The number of nitrogens with one attached hydrogen (secondary N) is 1. The number of amides is 1. The van der Waals surface area contributed by atoms with E-state index in [0.717, 1.165) is 29.5 Å². The molecular formula is C18H22FN3O. The van der Waals surface area contributed by atoms with Gasteiger partial charge in [-0.3, -0.25) is 4.79 Å². The Bertz CT molecular complexity index is 719. The molecule has 0 fully saturated rings. The molecule has 0 aliphatic rings. The first-order valence-electron chi connectivity index (χ1n) is 7.80. The van der Waals surface area contributed by atoms with Gasteiger partial charge in [0.1, 0.15) is 5.56 Å². The maximum Gasteiger partial charge on any atom is 0.262 e. The number of rotatable bonds is 6. The maximum absolute atomic E-state index is 14.0. The van der Waals surface area contributed by atoms with Crippen LogP contribution < -0.4 is 5.32 Å². The second kappa shape index (κ2) is 7.72. The Morgan fingerprint density at radius 1 is 1.39 bits per heavy atom. The van der Waals surface area contributed by atoms with Crippen LogP contribution in [-0.4, -0.2) is 15.7 Å². The van der Waals surface area contributed by atoms with Gasteiger partial charge in [0.2, 0.25) is 5.95 Å². The van der Waals surface area contributed by atoms with Crippen molar-refractivity contribution in [1.82, 2.24) is 9.78 Å². The van der Waals surface area contributed by atoms with Crippen LogP contribution in [0, 0.1) is 12.9 Å². The summed E-state index contributed by atoms with van der Waals surface area (Å²) in [6, 6.07) is 7.47. The lowest BCUT2D eigenvalue weighted by Crippen LogP contribution is -2.15. The number of para-hydroxylation sites is 1. The average molecular weight is 315 g/mol. The Morgan fingerprint density at radius 3 is 2.78 bits per heavy atom. The number of benzene rings is 1. The summed E-state index contributed by atoms with van der Waals surface area (Å²) in [6.07, 6.45) is 7.34. The summed E-state index contributed by atoms with van der Waals surface area (Å²) in [7, 11) is 1.48. The molecule has 122 valence electrons. The van der Waals surface area contributed by atoms with Gasteiger partial charge >= 0.3 is 0 Å². The molecule has 0 aliphatic carbocycles. The quantitative estimate of drug-likeness (QED) is 0.807. The molecule has 0 unspecified atom stereocenters. The van der Waals surface area contributed by atoms with E-state index in [2.05, 4.69) is 23.4 Å². The highest BCUT2D eigenvalue weighted by atomic mass is 19.1. The van der Waals surface area contributed by atoms with Gasteiger partial charge in [0.25, 0.3) is 5.91 Å². The van der Waals surface area contributed by atoms with E-state index >= 15 is 0 Å². The van der Waals surface area contributed by atoms with Crippen molar-refractivity contribution in [1.29, 1.82) is 0 Å². The Hall–Kier alpha value is -2.43. The summed E-state index contributed by atoms with van der Waals surface area (Å²) in [4.78, 5) is 12.4. The predicted octanol–water partition coefficient (Wildman–Crippen LogP) is 4.32. The molecule has 0 bridgehead atoms. The molecule has 0 spiro atoms. The molecule has 5 heteroatoms. The summed E-state index contributed by atoms with van der Waals surface area (Å²) in [6.45, 7) is 3.77. The molecule has 1 N–H and O–H groups in total. The number of anilines is 1. The van der Waals surface area contributed by atoms with Crippen molar-refractivity contribution >= 4 is 17.7 Å². The molecule has 0 aliphatic heterocycles. The van der Waals surface area contributed by atoms with Crippen molar-refractivity contribution in [3.05, 3.63) is 53.1 Å². The molecule has 2 rings (SSSR count). The van der Waals surface area contributed by atoms with Gasteiger partial charge in [-0.15, -0.1) is 0 Å². The van der Waals surface area contributed by atoms with Gasteiger partial charge in [0.05, 0.1) is 5.69 Å². The number of halogens is 1. The Labute approximate surface area is 136 Å². The monoisotopic (exact) mass is 315 g/mol. The van der Waals surface area contributed by atoms with Gasteiger partial charge in [-0.05, 0) is 25.0 Å². The first kappa shape index (κ1) is 16.9. The van der Waals surface area contributed by atoms with Crippen LogP contribution in [0.3, 0.4) is 0 Å². The number of hydrogen-bond acceptors (Lipinski definition) is 2. The zero-order valence-corrected chi connectivity index (χ0v) is 13.8. The zero-order chi connectivity index (χ0) is 16.8. The maximum atomic E-state index is 14.0. The van der Waals surface area contributed by atoms with Crippen LogP contribution in [0.4, 0.5) is 10.1 Å². The van der Waals surface area contributed by atoms with Crippen molar-refractivity contribution < 1.29 is 9.18 Å². The minimum absolute atomic E-state index is 0.0164. The molecule has 0 saturated heterocycles. The zero-order valence-electron chi connectivity index (χ0n) is 13.8. The highest BCUT2D eigenvalue weighted by molar-refractivity contribution is 6.06. The molecular weight excluding hydrogens is 293 g/mol. The van der Waals surface area contributed by atoms with Crippen molar-refractivity contribution in [2.75, 3.05) is 5.32 Å². The number of nitrogens with zero attached hydrogens (tertiary/aromatic N) is 2. The molecule has 1 heterocycles. The minimum Gasteiger partial charge on any atom is -0.321 e. The van der Waals surface area contributed by atoms with Gasteiger partial charge < -0.3 is 5.32 Å². The fourth-order valence-electron chi connectivity index (χ4n) is 2.36. The minimum atomic E-state index is -0.629. The molecule has 0 radical (unpaired) electrons. The standard InChI is InChI=1S/C18H22FN3O/c1-4-5-6-7-10-14-11-8-9-12-15(14)20-18(23)16-13(2)21-22(3)17(16)19/h7-12H,4-6H2,1-3H3,(H,20,23)/b10-7+. The van der Waals surface area contributed by atoms with E-state index in [1.54, 1.807) is 13.0 Å². The van der Waals surface area contributed by atoms with Crippen LogP contribution >= 0.6 is 0 Å². The van der Waals surface area contributed by atoms with E-state index in [-0.39, 0.29) is 5.56 Å². The van der Waals surface area contributed by atoms with Gasteiger partial charge in [-0.25, -0.2) is 4.68 Å². The van der Waals surface area contributed by atoms with Crippen LogP contribution in [0.2, 0.25) is 0 Å². The molecule has 2 aromatic rings. The molecule has 4 nitrogen and oxygen atoms in total. The predicted molar refractivity (Wildman–Crippen MR) is 90.9 cm³/mol.